The Morgan fingerprint density at radius 1 is 1.23 bits per heavy atom. The highest BCUT2D eigenvalue weighted by molar-refractivity contribution is 6.30. The van der Waals surface area contributed by atoms with Gasteiger partial charge in [0.05, 0.1) is 6.54 Å². The van der Waals surface area contributed by atoms with Crippen molar-refractivity contribution >= 4 is 29.2 Å². The first-order valence-electron chi connectivity index (χ1n) is 8.41. The van der Waals surface area contributed by atoms with Crippen molar-refractivity contribution < 1.29 is 4.79 Å². The molecule has 3 rings (SSSR count). The van der Waals surface area contributed by atoms with E-state index in [2.05, 4.69) is 15.1 Å². The lowest BCUT2D eigenvalue weighted by Crippen LogP contribution is -2.31. The van der Waals surface area contributed by atoms with E-state index in [1.165, 1.54) is 9.42 Å². The molecule has 2 heterocycles. The standard InChI is InChI=1S/C18H20ClN5O2/c1-4-5-15(25)23(10-13-6-8-14(19)9-7-13)18-21-17-20-12(3)11(2)16(26)24(17)22-18/h6-9H,4-5,10H2,1-3H3,(H,20,21,22). The Morgan fingerprint density at radius 3 is 2.58 bits per heavy atom. The average molecular weight is 374 g/mol. The predicted octanol–water partition coefficient (Wildman–Crippen LogP) is 3.02. The number of carbonyl (C=O) groups excluding carboxylic acids is 1. The van der Waals surface area contributed by atoms with Gasteiger partial charge in [-0.15, -0.1) is 0 Å². The van der Waals surface area contributed by atoms with Crippen LogP contribution in [0.1, 0.15) is 36.6 Å². The fraction of sp³-hybridized carbons (Fsp3) is 0.333. The summed E-state index contributed by atoms with van der Waals surface area (Å²) in [6.07, 6.45) is 1.09. The number of nitrogens with one attached hydrogen (secondary N) is 1. The first-order chi connectivity index (χ1) is 12.4. The molecule has 7 nitrogen and oxygen atoms in total. The van der Waals surface area contributed by atoms with E-state index < -0.39 is 0 Å². The summed E-state index contributed by atoms with van der Waals surface area (Å²) in [6.45, 7) is 5.74. The van der Waals surface area contributed by atoms with Crippen molar-refractivity contribution in [1.82, 2.24) is 19.6 Å². The van der Waals surface area contributed by atoms with Crippen LogP contribution in [-0.4, -0.2) is 25.5 Å². The SMILES string of the molecule is CCCC(=O)N(Cc1ccc(Cl)cc1)c1nc2nc(C)c(C)c(=O)n2[nH]1. The molecule has 0 aliphatic rings. The number of rotatable bonds is 5. The molecular formula is C18H20ClN5O2. The lowest BCUT2D eigenvalue weighted by molar-refractivity contribution is -0.118. The molecule has 1 N–H and O–H groups in total. The first kappa shape index (κ1) is 18.1. The van der Waals surface area contributed by atoms with Gasteiger partial charge < -0.3 is 0 Å². The molecule has 8 heteroatoms. The van der Waals surface area contributed by atoms with Crippen LogP contribution in [0.15, 0.2) is 29.1 Å². The zero-order valence-electron chi connectivity index (χ0n) is 14.9. The summed E-state index contributed by atoms with van der Waals surface area (Å²) in [6, 6.07) is 7.26. The van der Waals surface area contributed by atoms with Crippen molar-refractivity contribution in [2.45, 2.75) is 40.2 Å². The van der Waals surface area contributed by atoms with Gasteiger partial charge in [-0.25, -0.2) is 4.98 Å². The van der Waals surface area contributed by atoms with Gasteiger partial charge in [0, 0.05) is 22.7 Å². The molecule has 0 fully saturated rings. The van der Waals surface area contributed by atoms with Crippen LogP contribution in [-0.2, 0) is 11.3 Å². The molecule has 3 aromatic rings. The van der Waals surface area contributed by atoms with Crippen LogP contribution in [0.4, 0.5) is 5.95 Å². The van der Waals surface area contributed by atoms with Crippen molar-refractivity contribution in [3.8, 4) is 0 Å². The van der Waals surface area contributed by atoms with E-state index >= 15 is 0 Å². The van der Waals surface area contributed by atoms with E-state index in [-0.39, 0.29) is 17.2 Å². The first-order valence-corrected chi connectivity index (χ1v) is 8.79. The maximum absolute atomic E-state index is 12.6. The van der Waals surface area contributed by atoms with Crippen molar-refractivity contribution in [3.63, 3.8) is 0 Å². The molecule has 0 unspecified atom stereocenters. The Balaban J connectivity index is 2.05. The molecule has 0 radical (unpaired) electrons. The highest BCUT2D eigenvalue weighted by atomic mass is 35.5. The molecule has 1 amide bonds. The van der Waals surface area contributed by atoms with Gasteiger partial charge >= 0.3 is 0 Å². The average Bonchev–Trinajstić information content (AvgIpc) is 3.03. The van der Waals surface area contributed by atoms with Crippen molar-refractivity contribution in [2.24, 2.45) is 0 Å². The van der Waals surface area contributed by atoms with Crippen LogP contribution in [0.25, 0.3) is 5.78 Å². The van der Waals surface area contributed by atoms with Gasteiger partial charge in [0.25, 0.3) is 11.3 Å². The topological polar surface area (TPSA) is 83.4 Å². The number of anilines is 1. The Morgan fingerprint density at radius 2 is 1.92 bits per heavy atom. The summed E-state index contributed by atoms with van der Waals surface area (Å²) in [7, 11) is 0. The van der Waals surface area contributed by atoms with E-state index in [0.29, 0.717) is 41.6 Å². The summed E-state index contributed by atoms with van der Waals surface area (Å²) in [4.78, 5) is 35.3. The number of nitrogens with zero attached hydrogens (tertiary/aromatic N) is 4. The maximum atomic E-state index is 12.6. The van der Waals surface area contributed by atoms with Crippen LogP contribution in [0.3, 0.4) is 0 Å². The lowest BCUT2D eigenvalue weighted by Gasteiger charge is -2.19. The molecule has 0 saturated heterocycles. The third-order valence-electron chi connectivity index (χ3n) is 4.23. The second kappa shape index (κ2) is 7.29. The molecule has 26 heavy (non-hydrogen) atoms. The van der Waals surface area contributed by atoms with E-state index in [1.807, 2.05) is 19.1 Å². The molecule has 0 aliphatic carbocycles. The molecule has 0 aliphatic heterocycles. The largest absolute Gasteiger partial charge is 0.277 e. The Hall–Kier alpha value is -2.67. The van der Waals surface area contributed by atoms with Gasteiger partial charge in [-0.1, -0.05) is 30.7 Å². The van der Waals surface area contributed by atoms with Gasteiger partial charge in [0.15, 0.2) is 0 Å². The number of aryl methyl sites for hydroxylation is 1. The molecule has 2 aromatic heterocycles. The van der Waals surface area contributed by atoms with Crippen molar-refractivity contribution in [2.75, 3.05) is 4.90 Å². The Kier molecular flexibility index (Phi) is 5.08. The second-order valence-corrected chi connectivity index (χ2v) is 6.60. The number of halogens is 1. The maximum Gasteiger partial charge on any atom is 0.277 e. The van der Waals surface area contributed by atoms with Gasteiger partial charge in [0.1, 0.15) is 0 Å². The zero-order valence-corrected chi connectivity index (χ0v) is 15.7. The number of aromatic nitrogens is 4. The molecular weight excluding hydrogens is 354 g/mol. The summed E-state index contributed by atoms with van der Waals surface area (Å²) < 4.78 is 1.27. The molecule has 0 spiro atoms. The van der Waals surface area contributed by atoms with Gasteiger partial charge in [-0.05, 0) is 38.0 Å². The number of hydrogen-bond donors (Lipinski definition) is 1. The van der Waals surface area contributed by atoms with E-state index in [4.69, 9.17) is 11.6 Å². The summed E-state index contributed by atoms with van der Waals surface area (Å²) in [5.74, 6) is 0.467. The monoisotopic (exact) mass is 373 g/mol. The molecule has 1 aromatic carbocycles. The summed E-state index contributed by atoms with van der Waals surface area (Å²) in [5.41, 5.74) is 1.85. The van der Waals surface area contributed by atoms with Gasteiger partial charge in [0.2, 0.25) is 11.9 Å². The van der Waals surface area contributed by atoms with E-state index in [1.54, 1.807) is 26.0 Å². The number of H-pyrrole nitrogens is 1. The number of aromatic amines is 1. The number of fused-ring (bicyclic) bond motifs is 1. The van der Waals surface area contributed by atoms with Crippen LogP contribution in [0.2, 0.25) is 5.02 Å². The lowest BCUT2D eigenvalue weighted by atomic mass is 10.2. The predicted molar refractivity (Wildman–Crippen MR) is 101 cm³/mol. The van der Waals surface area contributed by atoms with Crippen molar-refractivity contribution in [1.29, 1.82) is 0 Å². The summed E-state index contributed by atoms with van der Waals surface area (Å²) >= 11 is 5.93. The smallest absolute Gasteiger partial charge is 0.277 e. The summed E-state index contributed by atoms with van der Waals surface area (Å²) in [5, 5.41) is 3.54. The second-order valence-electron chi connectivity index (χ2n) is 6.17. The third-order valence-corrected chi connectivity index (χ3v) is 4.48. The number of carbonyl (C=O) groups is 1. The molecule has 0 bridgehead atoms. The molecule has 0 atom stereocenters. The molecule has 0 saturated carbocycles. The zero-order chi connectivity index (χ0) is 18.8. The van der Waals surface area contributed by atoms with Crippen LogP contribution >= 0.6 is 11.6 Å². The van der Waals surface area contributed by atoms with E-state index in [0.717, 1.165) is 5.56 Å². The molecule has 136 valence electrons. The van der Waals surface area contributed by atoms with Crippen LogP contribution in [0.5, 0.6) is 0 Å². The van der Waals surface area contributed by atoms with Crippen LogP contribution < -0.4 is 10.5 Å². The number of hydrogen-bond acceptors (Lipinski definition) is 4. The van der Waals surface area contributed by atoms with Gasteiger partial charge in [-0.2, -0.15) is 9.50 Å². The number of amides is 1. The Bertz CT molecular complexity index is 1010. The normalized spacial score (nSPS) is 11.1. The van der Waals surface area contributed by atoms with E-state index in [9.17, 15) is 9.59 Å². The highest BCUT2D eigenvalue weighted by Crippen LogP contribution is 2.17. The fourth-order valence-corrected chi connectivity index (χ4v) is 2.74. The quantitative estimate of drug-likeness (QED) is 0.745. The van der Waals surface area contributed by atoms with Crippen molar-refractivity contribution in [3.05, 3.63) is 56.5 Å². The third kappa shape index (κ3) is 3.48. The van der Waals surface area contributed by atoms with Gasteiger partial charge in [-0.3, -0.25) is 19.6 Å². The highest BCUT2D eigenvalue weighted by Gasteiger charge is 2.21. The fourth-order valence-electron chi connectivity index (χ4n) is 2.62. The van der Waals surface area contributed by atoms with Crippen LogP contribution in [0, 0.1) is 13.8 Å². The minimum Gasteiger partial charge on any atom is -0.277 e. The minimum atomic E-state index is -0.222. The Labute approximate surface area is 155 Å². The number of benzene rings is 1. The minimum absolute atomic E-state index is 0.0806.